The fourth-order valence-corrected chi connectivity index (χ4v) is 1.88. The van der Waals surface area contributed by atoms with Crippen LogP contribution in [-0.4, -0.2) is 18.7 Å². The Balaban J connectivity index is 2.15. The van der Waals surface area contributed by atoms with E-state index >= 15 is 0 Å². The van der Waals surface area contributed by atoms with E-state index in [-0.39, 0.29) is 11.6 Å². The van der Waals surface area contributed by atoms with Crippen LogP contribution in [0.15, 0.2) is 24.3 Å². The van der Waals surface area contributed by atoms with E-state index in [0.29, 0.717) is 0 Å². The lowest BCUT2D eigenvalue weighted by Crippen LogP contribution is -2.34. The molecular weight excluding hydrogens is 240 g/mol. The highest BCUT2D eigenvalue weighted by Crippen LogP contribution is 2.43. The molecule has 1 aliphatic carbocycles. The summed E-state index contributed by atoms with van der Waals surface area (Å²) in [7, 11) is 1.71. The maximum absolute atomic E-state index is 12.0. The van der Waals surface area contributed by atoms with E-state index in [1.54, 1.807) is 7.05 Å². The van der Waals surface area contributed by atoms with E-state index in [4.69, 9.17) is 10.5 Å². The molecule has 0 bridgehead atoms. The lowest BCUT2D eigenvalue weighted by Gasteiger charge is -2.25. The number of nitrogens with zero attached hydrogens (tertiary/aromatic N) is 1. The molecule has 2 N–H and O–H groups in total. The highest BCUT2D eigenvalue weighted by molar-refractivity contribution is 5.87. The third-order valence-electron chi connectivity index (χ3n) is 3.26. The molecule has 0 saturated heterocycles. The zero-order valence-electron chi connectivity index (χ0n) is 12.1. The van der Waals surface area contributed by atoms with Crippen LogP contribution in [0.2, 0.25) is 0 Å². The Labute approximate surface area is 114 Å². The van der Waals surface area contributed by atoms with Crippen molar-refractivity contribution < 1.29 is 9.53 Å². The van der Waals surface area contributed by atoms with Crippen LogP contribution in [0.4, 0.5) is 10.5 Å². The van der Waals surface area contributed by atoms with Gasteiger partial charge in [-0.3, -0.25) is 4.90 Å². The summed E-state index contributed by atoms with van der Waals surface area (Å²) in [6.45, 7) is 5.57. The summed E-state index contributed by atoms with van der Waals surface area (Å²) >= 11 is 0. The summed E-state index contributed by atoms with van der Waals surface area (Å²) in [6.07, 6.45) is 1.66. The standard InChI is InChI=1S/C15H22N2O2/c1-14(2,3)19-13(18)17(4)12-7-5-6-11(10-12)15(16)8-9-15/h5-7,10H,8-9,16H2,1-4H3. The molecule has 0 aromatic heterocycles. The Bertz CT molecular complexity index is 487. The summed E-state index contributed by atoms with van der Waals surface area (Å²) in [5, 5.41) is 0. The summed E-state index contributed by atoms with van der Waals surface area (Å²) in [5.74, 6) is 0. The summed E-state index contributed by atoms with van der Waals surface area (Å²) in [4.78, 5) is 13.5. The van der Waals surface area contributed by atoms with Gasteiger partial charge in [-0.2, -0.15) is 0 Å². The molecule has 19 heavy (non-hydrogen) atoms. The Morgan fingerprint density at radius 2 is 2.00 bits per heavy atom. The molecule has 1 saturated carbocycles. The van der Waals surface area contributed by atoms with Crippen LogP contribution in [0.25, 0.3) is 0 Å². The summed E-state index contributed by atoms with van der Waals surface area (Å²) in [6, 6.07) is 7.80. The lowest BCUT2D eigenvalue weighted by atomic mass is 10.1. The molecule has 4 heteroatoms. The number of rotatable bonds is 2. The van der Waals surface area contributed by atoms with E-state index in [1.165, 1.54) is 4.90 Å². The van der Waals surface area contributed by atoms with Crippen LogP contribution in [0.3, 0.4) is 0 Å². The Kier molecular flexibility index (Phi) is 3.31. The molecule has 0 aliphatic heterocycles. The maximum Gasteiger partial charge on any atom is 0.414 e. The largest absolute Gasteiger partial charge is 0.443 e. The van der Waals surface area contributed by atoms with Crippen molar-refractivity contribution in [3.05, 3.63) is 29.8 Å². The number of hydrogen-bond donors (Lipinski definition) is 1. The minimum atomic E-state index is -0.492. The summed E-state index contributed by atoms with van der Waals surface area (Å²) in [5.41, 5.74) is 7.39. The van der Waals surface area contributed by atoms with Crippen molar-refractivity contribution in [3.8, 4) is 0 Å². The first kappa shape index (κ1) is 13.9. The summed E-state index contributed by atoms with van der Waals surface area (Å²) < 4.78 is 5.35. The molecule has 1 aromatic rings. The fraction of sp³-hybridized carbons (Fsp3) is 0.533. The molecule has 1 fully saturated rings. The Morgan fingerprint density at radius 1 is 1.37 bits per heavy atom. The number of benzene rings is 1. The molecule has 1 aliphatic rings. The van der Waals surface area contributed by atoms with Crippen molar-refractivity contribution in [1.82, 2.24) is 0 Å². The first-order valence-electron chi connectivity index (χ1n) is 6.57. The van der Waals surface area contributed by atoms with E-state index < -0.39 is 5.60 Å². The number of hydrogen-bond acceptors (Lipinski definition) is 3. The SMILES string of the molecule is CN(C(=O)OC(C)(C)C)c1cccc(C2(N)CC2)c1. The van der Waals surface area contributed by atoms with Gasteiger partial charge in [0.2, 0.25) is 0 Å². The van der Waals surface area contributed by atoms with Gasteiger partial charge in [0.15, 0.2) is 0 Å². The van der Waals surface area contributed by atoms with Crippen molar-refractivity contribution in [2.45, 2.75) is 44.8 Å². The maximum atomic E-state index is 12.0. The minimum Gasteiger partial charge on any atom is -0.443 e. The highest BCUT2D eigenvalue weighted by Gasteiger charge is 2.40. The highest BCUT2D eigenvalue weighted by atomic mass is 16.6. The molecule has 0 radical (unpaired) electrons. The monoisotopic (exact) mass is 262 g/mol. The normalized spacial score (nSPS) is 16.9. The van der Waals surface area contributed by atoms with E-state index in [0.717, 1.165) is 24.1 Å². The van der Waals surface area contributed by atoms with Gasteiger partial charge in [-0.15, -0.1) is 0 Å². The number of nitrogens with two attached hydrogens (primary N) is 1. The first-order chi connectivity index (χ1) is 8.71. The van der Waals surface area contributed by atoms with Gasteiger partial charge < -0.3 is 10.5 Å². The number of carbonyl (C=O) groups is 1. The van der Waals surface area contributed by atoms with Crippen LogP contribution in [0.5, 0.6) is 0 Å². The molecule has 0 heterocycles. The fourth-order valence-electron chi connectivity index (χ4n) is 1.88. The van der Waals surface area contributed by atoms with Crippen LogP contribution >= 0.6 is 0 Å². The molecule has 0 spiro atoms. The predicted octanol–water partition coefficient (Wildman–Crippen LogP) is 3.01. The van der Waals surface area contributed by atoms with Crippen molar-refractivity contribution in [1.29, 1.82) is 0 Å². The smallest absolute Gasteiger partial charge is 0.414 e. The second-order valence-electron chi connectivity index (χ2n) is 6.25. The molecule has 104 valence electrons. The van der Waals surface area contributed by atoms with Gasteiger partial charge in [0.05, 0.1) is 0 Å². The molecule has 1 aromatic carbocycles. The lowest BCUT2D eigenvalue weighted by molar-refractivity contribution is 0.0589. The predicted molar refractivity (Wildman–Crippen MR) is 76.2 cm³/mol. The molecule has 0 atom stereocenters. The molecule has 2 rings (SSSR count). The third-order valence-corrected chi connectivity index (χ3v) is 3.26. The van der Waals surface area contributed by atoms with Gasteiger partial charge in [0.25, 0.3) is 0 Å². The van der Waals surface area contributed by atoms with E-state index in [1.807, 2.05) is 45.0 Å². The minimum absolute atomic E-state index is 0.190. The van der Waals surface area contributed by atoms with Crippen molar-refractivity contribution in [3.63, 3.8) is 0 Å². The average Bonchev–Trinajstić information content (AvgIpc) is 3.06. The van der Waals surface area contributed by atoms with E-state index in [9.17, 15) is 4.79 Å². The van der Waals surface area contributed by atoms with Gasteiger partial charge >= 0.3 is 6.09 Å². The van der Waals surface area contributed by atoms with Gasteiger partial charge in [-0.1, -0.05) is 12.1 Å². The quantitative estimate of drug-likeness (QED) is 0.891. The van der Waals surface area contributed by atoms with Crippen molar-refractivity contribution >= 4 is 11.8 Å². The zero-order chi connectivity index (χ0) is 14.3. The number of anilines is 1. The second kappa shape index (κ2) is 4.53. The van der Waals surface area contributed by atoms with Crippen LogP contribution in [0.1, 0.15) is 39.2 Å². The van der Waals surface area contributed by atoms with Gasteiger partial charge in [-0.05, 0) is 51.3 Å². The molecule has 0 unspecified atom stereocenters. The molecular formula is C15H22N2O2. The third kappa shape index (κ3) is 3.26. The number of carbonyl (C=O) groups excluding carboxylic acids is 1. The van der Waals surface area contributed by atoms with Crippen LogP contribution in [-0.2, 0) is 10.3 Å². The number of amides is 1. The topological polar surface area (TPSA) is 55.6 Å². The first-order valence-corrected chi connectivity index (χ1v) is 6.57. The van der Waals surface area contributed by atoms with Gasteiger partial charge in [-0.25, -0.2) is 4.79 Å². The number of ether oxygens (including phenoxy) is 1. The van der Waals surface area contributed by atoms with Crippen molar-refractivity contribution in [2.24, 2.45) is 5.73 Å². The Hall–Kier alpha value is -1.55. The molecule has 4 nitrogen and oxygen atoms in total. The Morgan fingerprint density at radius 3 is 2.53 bits per heavy atom. The van der Waals surface area contributed by atoms with Gasteiger partial charge in [0, 0.05) is 18.3 Å². The average molecular weight is 262 g/mol. The second-order valence-corrected chi connectivity index (χ2v) is 6.25. The van der Waals surface area contributed by atoms with Crippen LogP contribution < -0.4 is 10.6 Å². The van der Waals surface area contributed by atoms with Crippen LogP contribution in [0, 0.1) is 0 Å². The van der Waals surface area contributed by atoms with Gasteiger partial charge in [0.1, 0.15) is 5.60 Å². The van der Waals surface area contributed by atoms with Crippen molar-refractivity contribution in [2.75, 3.05) is 11.9 Å². The molecule has 1 amide bonds. The zero-order valence-corrected chi connectivity index (χ0v) is 12.1. The van der Waals surface area contributed by atoms with E-state index in [2.05, 4.69) is 0 Å².